The van der Waals surface area contributed by atoms with E-state index in [9.17, 15) is 0 Å². The van der Waals surface area contributed by atoms with Crippen molar-refractivity contribution in [3.05, 3.63) is 0 Å². The van der Waals surface area contributed by atoms with E-state index in [4.69, 9.17) is 15.2 Å². The predicted molar refractivity (Wildman–Crippen MR) is 65.1 cm³/mol. The minimum atomic E-state index is 0.308. The molecule has 0 amide bonds. The van der Waals surface area contributed by atoms with E-state index in [2.05, 4.69) is 16.6 Å². The van der Waals surface area contributed by atoms with Gasteiger partial charge in [-0.1, -0.05) is 0 Å². The summed E-state index contributed by atoms with van der Waals surface area (Å²) in [6.45, 7) is 2.89. The lowest BCUT2D eigenvalue weighted by Gasteiger charge is -2.28. The number of anilines is 2. The first-order chi connectivity index (χ1) is 7.70. The Hall–Kier alpha value is -1.01. The molecule has 2 rings (SSSR count). The Labute approximate surface area is 99.1 Å². The molecule has 0 aromatic carbocycles. The number of hydrogen-bond donors (Lipinski definition) is 2. The third-order valence-corrected chi connectivity index (χ3v) is 3.47. The number of aromatic nitrogens is 1. The van der Waals surface area contributed by atoms with Gasteiger partial charge in [-0.3, -0.25) is 0 Å². The lowest BCUT2D eigenvalue weighted by molar-refractivity contribution is 0.0232. The fourth-order valence-corrected chi connectivity index (χ4v) is 2.66. The molecule has 6 heteroatoms. The van der Waals surface area contributed by atoms with Crippen LogP contribution in [-0.2, 0) is 4.74 Å². The van der Waals surface area contributed by atoms with Gasteiger partial charge in [0.1, 0.15) is 0 Å². The molecule has 5 nitrogen and oxygen atoms in total. The Morgan fingerprint density at radius 1 is 1.62 bits per heavy atom. The van der Waals surface area contributed by atoms with Gasteiger partial charge in [0.2, 0.25) is 0 Å². The highest BCUT2D eigenvalue weighted by molar-refractivity contribution is 7.11. The van der Waals surface area contributed by atoms with E-state index in [1.54, 1.807) is 7.11 Å². The van der Waals surface area contributed by atoms with Gasteiger partial charge in [0, 0.05) is 12.6 Å². The number of nitrogens with two attached hydrogens (primary N) is 1. The normalized spacial score (nSPS) is 25.4. The first kappa shape index (κ1) is 11.5. The fourth-order valence-electron chi connectivity index (χ4n) is 1.90. The average molecular weight is 243 g/mol. The van der Waals surface area contributed by atoms with Crippen LogP contribution in [-0.4, -0.2) is 30.2 Å². The Balaban J connectivity index is 2.02. The van der Waals surface area contributed by atoms with Gasteiger partial charge in [0.25, 0.3) is 0 Å². The number of hydrogen-bond acceptors (Lipinski definition) is 6. The molecule has 2 atom stereocenters. The highest BCUT2D eigenvalue weighted by Gasteiger charge is 2.22. The first-order valence-corrected chi connectivity index (χ1v) is 6.15. The lowest BCUT2D eigenvalue weighted by atomic mass is 10.0. The molecule has 2 heterocycles. The van der Waals surface area contributed by atoms with Crippen LogP contribution in [0.1, 0.15) is 19.8 Å². The lowest BCUT2D eigenvalue weighted by Crippen LogP contribution is -2.32. The number of rotatable bonds is 3. The Kier molecular flexibility index (Phi) is 3.50. The first-order valence-electron chi connectivity index (χ1n) is 5.38. The molecule has 0 bridgehead atoms. The summed E-state index contributed by atoms with van der Waals surface area (Å²) in [5, 5.41) is 4.34. The van der Waals surface area contributed by atoms with Gasteiger partial charge in [-0.25, -0.2) is 0 Å². The van der Waals surface area contributed by atoms with E-state index in [-0.39, 0.29) is 0 Å². The van der Waals surface area contributed by atoms with Crippen molar-refractivity contribution in [1.29, 1.82) is 0 Å². The van der Waals surface area contributed by atoms with Crippen LogP contribution in [0.2, 0.25) is 0 Å². The minimum absolute atomic E-state index is 0.308. The maximum Gasteiger partial charge on any atom is 0.197 e. The monoisotopic (exact) mass is 243 g/mol. The average Bonchev–Trinajstić information content (AvgIpc) is 2.59. The molecule has 1 aliphatic heterocycles. The van der Waals surface area contributed by atoms with Gasteiger partial charge in [0.15, 0.2) is 16.6 Å². The largest absolute Gasteiger partial charge is 0.490 e. The highest BCUT2D eigenvalue weighted by atomic mass is 32.1. The molecule has 1 aromatic heterocycles. The minimum Gasteiger partial charge on any atom is -0.490 e. The summed E-state index contributed by atoms with van der Waals surface area (Å²) in [5.74, 6) is 1.11. The van der Waals surface area contributed by atoms with Crippen LogP contribution < -0.4 is 15.8 Å². The van der Waals surface area contributed by atoms with Gasteiger partial charge in [-0.05, 0) is 31.3 Å². The van der Waals surface area contributed by atoms with Gasteiger partial charge < -0.3 is 20.5 Å². The molecule has 90 valence electrons. The van der Waals surface area contributed by atoms with E-state index in [1.165, 1.54) is 11.5 Å². The molecule has 1 aromatic rings. The summed E-state index contributed by atoms with van der Waals surface area (Å²) in [4.78, 5) is 0. The van der Waals surface area contributed by atoms with Crippen molar-refractivity contribution in [2.24, 2.45) is 0 Å². The van der Waals surface area contributed by atoms with Crippen LogP contribution in [0.4, 0.5) is 10.8 Å². The SMILES string of the molecule is COc1c(N)nsc1NC1CCOC(C)C1. The molecular weight excluding hydrogens is 226 g/mol. The van der Waals surface area contributed by atoms with Crippen molar-refractivity contribution in [2.75, 3.05) is 24.8 Å². The quantitative estimate of drug-likeness (QED) is 0.846. The van der Waals surface area contributed by atoms with Gasteiger partial charge in [-0.15, -0.1) is 0 Å². The Bertz CT molecular complexity index is 356. The van der Waals surface area contributed by atoms with E-state index in [1.807, 2.05) is 0 Å². The van der Waals surface area contributed by atoms with Crippen LogP contribution >= 0.6 is 11.5 Å². The Morgan fingerprint density at radius 3 is 3.12 bits per heavy atom. The van der Waals surface area contributed by atoms with Crippen molar-refractivity contribution < 1.29 is 9.47 Å². The van der Waals surface area contributed by atoms with Gasteiger partial charge in [0.05, 0.1) is 13.2 Å². The van der Waals surface area contributed by atoms with Crippen LogP contribution in [0, 0.1) is 0 Å². The predicted octanol–water partition coefficient (Wildman–Crippen LogP) is 1.71. The van der Waals surface area contributed by atoms with Crippen molar-refractivity contribution in [3.8, 4) is 5.75 Å². The van der Waals surface area contributed by atoms with E-state index in [0.717, 1.165) is 24.4 Å². The van der Waals surface area contributed by atoms with E-state index in [0.29, 0.717) is 23.7 Å². The summed E-state index contributed by atoms with van der Waals surface area (Å²) in [5.41, 5.74) is 5.69. The Morgan fingerprint density at radius 2 is 2.44 bits per heavy atom. The van der Waals surface area contributed by atoms with E-state index >= 15 is 0 Å². The summed E-state index contributed by atoms with van der Waals surface area (Å²) in [7, 11) is 1.61. The molecule has 1 fully saturated rings. The molecule has 0 saturated carbocycles. The maximum absolute atomic E-state index is 5.69. The molecule has 0 spiro atoms. The second-order valence-corrected chi connectivity index (χ2v) is 4.75. The van der Waals surface area contributed by atoms with Crippen LogP contribution in [0.25, 0.3) is 0 Å². The molecule has 1 saturated heterocycles. The molecule has 0 aliphatic carbocycles. The third-order valence-electron chi connectivity index (χ3n) is 2.70. The van der Waals surface area contributed by atoms with Gasteiger partial charge in [-0.2, -0.15) is 4.37 Å². The number of nitrogens with one attached hydrogen (secondary N) is 1. The summed E-state index contributed by atoms with van der Waals surface area (Å²) >= 11 is 1.34. The second kappa shape index (κ2) is 4.88. The van der Waals surface area contributed by atoms with E-state index < -0.39 is 0 Å². The summed E-state index contributed by atoms with van der Waals surface area (Å²) in [6.07, 6.45) is 2.31. The van der Waals surface area contributed by atoms with Crippen LogP contribution in [0.3, 0.4) is 0 Å². The molecule has 3 N–H and O–H groups in total. The maximum atomic E-state index is 5.69. The topological polar surface area (TPSA) is 69.4 Å². The van der Waals surface area contributed by atoms with Crippen molar-refractivity contribution in [2.45, 2.75) is 31.9 Å². The molecule has 0 radical (unpaired) electrons. The standard InChI is InChI=1S/C10H17N3O2S/c1-6-5-7(3-4-15-6)12-10-8(14-2)9(11)13-16-10/h6-7,12H,3-5H2,1-2H3,(H2,11,13). The van der Waals surface area contributed by atoms with Crippen LogP contribution in [0.5, 0.6) is 5.75 Å². The fraction of sp³-hybridized carbons (Fsp3) is 0.700. The molecule has 1 aliphatic rings. The second-order valence-electron chi connectivity index (χ2n) is 3.98. The number of nitrogens with zero attached hydrogens (tertiary/aromatic N) is 1. The number of ether oxygens (including phenoxy) is 2. The molecule has 16 heavy (non-hydrogen) atoms. The smallest absolute Gasteiger partial charge is 0.197 e. The molecular formula is C10H17N3O2S. The van der Waals surface area contributed by atoms with Crippen LogP contribution in [0.15, 0.2) is 0 Å². The number of methoxy groups -OCH3 is 1. The van der Waals surface area contributed by atoms with Crippen molar-refractivity contribution in [3.63, 3.8) is 0 Å². The van der Waals surface area contributed by atoms with Gasteiger partial charge >= 0.3 is 0 Å². The molecule has 2 unspecified atom stereocenters. The zero-order chi connectivity index (χ0) is 11.5. The summed E-state index contributed by atoms with van der Waals surface area (Å²) in [6, 6.07) is 0.414. The zero-order valence-corrected chi connectivity index (χ0v) is 10.3. The zero-order valence-electron chi connectivity index (χ0n) is 9.53. The summed E-state index contributed by atoms with van der Waals surface area (Å²) < 4.78 is 14.8. The third kappa shape index (κ3) is 2.38. The number of nitrogen functional groups attached to an aromatic ring is 1. The van der Waals surface area contributed by atoms with Crippen molar-refractivity contribution >= 4 is 22.4 Å². The highest BCUT2D eigenvalue weighted by Crippen LogP contribution is 2.36. The van der Waals surface area contributed by atoms with Crippen molar-refractivity contribution in [1.82, 2.24) is 4.37 Å².